The van der Waals surface area contributed by atoms with E-state index >= 15 is 0 Å². The zero-order valence-electron chi connectivity index (χ0n) is 20.2. The SMILES string of the molecule is Cc1cc(C)cc(-c2cc3cc(-c4cc(C)cc(C)c4)c4ccccc4c3c3ccccc23)c1. The second-order valence-electron chi connectivity index (χ2n) is 9.79. The molecule has 0 bridgehead atoms. The number of rotatable bonds is 2. The van der Waals surface area contributed by atoms with Gasteiger partial charge < -0.3 is 0 Å². The van der Waals surface area contributed by atoms with Crippen molar-refractivity contribution in [2.24, 2.45) is 0 Å². The Labute approximate surface area is 201 Å². The van der Waals surface area contributed by atoms with Crippen LogP contribution in [-0.2, 0) is 0 Å². The highest BCUT2D eigenvalue weighted by Crippen LogP contribution is 2.42. The van der Waals surface area contributed by atoms with Crippen molar-refractivity contribution < 1.29 is 0 Å². The monoisotopic (exact) mass is 436 g/mol. The summed E-state index contributed by atoms with van der Waals surface area (Å²) in [5.74, 6) is 0. The summed E-state index contributed by atoms with van der Waals surface area (Å²) < 4.78 is 0. The van der Waals surface area contributed by atoms with Crippen LogP contribution in [0.5, 0.6) is 0 Å². The highest BCUT2D eigenvalue weighted by molar-refractivity contribution is 6.25. The van der Waals surface area contributed by atoms with Crippen molar-refractivity contribution in [2.75, 3.05) is 0 Å². The van der Waals surface area contributed by atoms with Gasteiger partial charge in [-0.2, -0.15) is 0 Å². The van der Waals surface area contributed by atoms with E-state index in [0.717, 1.165) is 0 Å². The first-order chi connectivity index (χ1) is 16.5. The molecule has 34 heavy (non-hydrogen) atoms. The fraction of sp³-hybridized carbons (Fsp3) is 0.118. The van der Waals surface area contributed by atoms with Crippen LogP contribution in [0.4, 0.5) is 0 Å². The van der Waals surface area contributed by atoms with Gasteiger partial charge in [-0.1, -0.05) is 107 Å². The van der Waals surface area contributed by atoms with Crippen LogP contribution >= 0.6 is 0 Å². The van der Waals surface area contributed by atoms with Gasteiger partial charge in [-0.3, -0.25) is 0 Å². The van der Waals surface area contributed by atoms with Gasteiger partial charge in [0.05, 0.1) is 0 Å². The normalized spacial score (nSPS) is 11.5. The third kappa shape index (κ3) is 3.38. The van der Waals surface area contributed by atoms with E-state index in [9.17, 15) is 0 Å². The molecule has 6 aromatic carbocycles. The van der Waals surface area contributed by atoms with Gasteiger partial charge in [-0.25, -0.2) is 0 Å². The van der Waals surface area contributed by atoms with Crippen LogP contribution in [0.25, 0.3) is 54.6 Å². The second kappa shape index (κ2) is 7.85. The predicted octanol–water partition coefficient (Wildman–Crippen LogP) is 9.71. The highest BCUT2D eigenvalue weighted by Gasteiger charge is 2.15. The predicted molar refractivity (Wildman–Crippen MR) is 149 cm³/mol. The smallest absolute Gasteiger partial charge is 0.00259 e. The van der Waals surface area contributed by atoms with Gasteiger partial charge in [0, 0.05) is 0 Å². The van der Waals surface area contributed by atoms with E-state index in [4.69, 9.17) is 0 Å². The van der Waals surface area contributed by atoms with Crippen molar-refractivity contribution >= 4 is 32.3 Å². The first-order valence-corrected chi connectivity index (χ1v) is 12.0. The Kier molecular flexibility index (Phi) is 4.78. The number of hydrogen-bond donors (Lipinski definition) is 0. The largest absolute Gasteiger partial charge is 0.0616 e. The summed E-state index contributed by atoms with van der Waals surface area (Å²) in [6, 6.07) is 36.3. The van der Waals surface area contributed by atoms with Crippen LogP contribution in [0.1, 0.15) is 22.3 Å². The molecule has 0 unspecified atom stereocenters. The molecule has 0 aromatic heterocycles. The van der Waals surface area contributed by atoms with Gasteiger partial charge in [-0.15, -0.1) is 0 Å². The molecule has 0 radical (unpaired) electrons. The Bertz CT molecular complexity index is 1570. The van der Waals surface area contributed by atoms with E-state index in [1.165, 1.54) is 76.8 Å². The molecule has 0 saturated carbocycles. The van der Waals surface area contributed by atoms with E-state index < -0.39 is 0 Å². The van der Waals surface area contributed by atoms with Gasteiger partial charge in [0.2, 0.25) is 0 Å². The number of benzene rings is 6. The standard InChI is InChI=1S/C34H28/c1-21-13-22(2)16-25(15-21)32-19-27-20-33(26-17-23(3)14-24(4)18-26)29-10-6-8-12-31(29)34(27)30-11-7-5-9-28(30)32/h5-20H,1-4H3. The van der Waals surface area contributed by atoms with Gasteiger partial charge in [0.15, 0.2) is 0 Å². The van der Waals surface area contributed by atoms with Crippen molar-refractivity contribution in [1.29, 1.82) is 0 Å². The lowest BCUT2D eigenvalue weighted by atomic mass is 9.87. The molecule has 6 rings (SSSR count). The summed E-state index contributed by atoms with van der Waals surface area (Å²) in [4.78, 5) is 0. The Balaban J connectivity index is 1.79. The molecule has 0 spiro atoms. The minimum atomic E-state index is 1.29. The molecular formula is C34H28. The third-order valence-electron chi connectivity index (χ3n) is 6.93. The summed E-state index contributed by atoms with van der Waals surface area (Å²) in [5.41, 5.74) is 10.4. The van der Waals surface area contributed by atoms with E-state index in [1.807, 2.05) is 0 Å². The third-order valence-corrected chi connectivity index (χ3v) is 6.93. The Morgan fingerprint density at radius 1 is 0.382 bits per heavy atom. The average Bonchev–Trinajstić information content (AvgIpc) is 2.81. The molecule has 0 saturated heterocycles. The molecule has 0 amide bonds. The molecule has 0 aliphatic carbocycles. The van der Waals surface area contributed by atoms with Crippen LogP contribution in [0.15, 0.2) is 97.1 Å². The Hall–Kier alpha value is -3.90. The molecule has 0 heteroatoms. The van der Waals surface area contributed by atoms with Gasteiger partial charge in [0.1, 0.15) is 0 Å². The van der Waals surface area contributed by atoms with Crippen molar-refractivity contribution in [3.05, 3.63) is 119 Å². The molecule has 0 fully saturated rings. The molecule has 164 valence electrons. The number of hydrogen-bond acceptors (Lipinski definition) is 0. The maximum atomic E-state index is 2.41. The zero-order valence-corrected chi connectivity index (χ0v) is 20.2. The topological polar surface area (TPSA) is 0 Å². The molecule has 0 aliphatic rings. The van der Waals surface area contributed by atoms with E-state index in [-0.39, 0.29) is 0 Å². The lowest BCUT2D eigenvalue weighted by molar-refractivity contribution is 1.39. The van der Waals surface area contributed by atoms with E-state index in [2.05, 4.69) is 125 Å². The van der Waals surface area contributed by atoms with Crippen LogP contribution in [0.2, 0.25) is 0 Å². The van der Waals surface area contributed by atoms with E-state index in [0.29, 0.717) is 0 Å². The first kappa shape index (κ1) is 20.7. The summed E-state index contributed by atoms with van der Waals surface area (Å²) in [7, 11) is 0. The summed E-state index contributed by atoms with van der Waals surface area (Å²) in [6.07, 6.45) is 0. The minimum absolute atomic E-state index is 1.29. The summed E-state index contributed by atoms with van der Waals surface area (Å²) in [6.45, 7) is 8.74. The number of fused-ring (bicyclic) bond motifs is 5. The van der Waals surface area contributed by atoms with Gasteiger partial charge in [-0.05, 0) is 94.4 Å². The lowest BCUT2D eigenvalue weighted by Gasteiger charge is -2.17. The molecule has 6 aromatic rings. The van der Waals surface area contributed by atoms with Gasteiger partial charge in [0.25, 0.3) is 0 Å². The van der Waals surface area contributed by atoms with Crippen LogP contribution < -0.4 is 0 Å². The maximum Gasteiger partial charge on any atom is -0.00259 e. The lowest BCUT2D eigenvalue weighted by Crippen LogP contribution is -1.90. The van der Waals surface area contributed by atoms with Crippen LogP contribution in [-0.4, -0.2) is 0 Å². The maximum absolute atomic E-state index is 2.41. The summed E-state index contributed by atoms with van der Waals surface area (Å²) >= 11 is 0. The van der Waals surface area contributed by atoms with Crippen molar-refractivity contribution in [1.82, 2.24) is 0 Å². The minimum Gasteiger partial charge on any atom is -0.0616 e. The Morgan fingerprint density at radius 2 is 0.735 bits per heavy atom. The van der Waals surface area contributed by atoms with E-state index in [1.54, 1.807) is 0 Å². The molecular weight excluding hydrogens is 408 g/mol. The van der Waals surface area contributed by atoms with Crippen molar-refractivity contribution in [2.45, 2.75) is 27.7 Å². The summed E-state index contributed by atoms with van der Waals surface area (Å²) in [5, 5.41) is 7.89. The van der Waals surface area contributed by atoms with Gasteiger partial charge >= 0.3 is 0 Å². The Morgan fingerprint density at radius 3 is 1.12 bits per heavy atom. The van der Waals surface area contributed by atoms with Crippen LogP contribution in [0, 0.1) is 27.7 Å². The fourth-order valence-corrected chi connectivity index (χ4v) is 5.72. The van der Waals surface area contributed by atoms with Crippen LogP contribution in [0.3, 0.4) is 0 Å². The fourth-order valence-electron chi connectivity index (χ4n) is 5.72. The molecule has 0 atom stereocenters. The number of aryl methyl sites for hydroxylation is 4. The van der Waals surface area contributed by atoms with Crippen molar-refractivity contribution in [3.63, 3.8) is 0 Å². The quantitative estimate of drug-likeness (QED) is 0.237. The average molecular weight is 437 g/mol. The molecule has 0 nitrogen and oxygen atoms in total. The molecule has 0 heterocycles. The zero-order chi connectivity index (χ0) is 23.4. The first-order valence-electron chi connectivity index (χ1n) is 12.0. The molecule has 0 aliphatic heterocycles. The molecule has 0 N–H and O–H groups in total. The second-order valence-corrected chi connectivity index (χ2v) is 9.79. The highest BCUT2D eigenvalue weighted by atomic mass is 14.2. The van der Waals surface area contributed by atoms with Crippen molar-refractivity contribution in [3.8, 4) is 22.3 Å².